The number of imide groups is 1. The average Bonchev–Trinajstić information content (AvgIpc) is 3.90. The smallest absolute Gasteiger partial charge is 0.331 e. The van der Waals surface area contributed by atoms with E-state index in [4.69, 9.17) is 0 Å². The summed E-state index contributed by atoms with van der Waals surface area (Å²) in [6.45, 7) is 1.92. The molecule has 2 unspecified atom stereocenters. The second-order valence-corrected chi connectivity index (χ2v) is 11.0. The number of anilines is 3. The molecule has 0 bridgehead atoms. The number of rotatable bonds is 8. The molecule has 5 heterocycles. The highest BCUT2D eigenvalue weighted by molar-refractivity contribution is 6.13. The van der Waals surface area contributed by atoms with Gasteiger partial charge in [-0.1, -0.05) is 0 Å². The minimum Gasteiger partial charge on any atom is -0.362 e. The number of pyridine rings is 1. The van der Waals surface area contributed by atoms with Crippen LogP contribution in [0.15, 0.2) is 37.1 Å². The monoisotopic (exact) mass is 570 g/mol. The first-order valence-corrected chi connectivity index (χ1v) is 13.7. The van der Waals surface area contributed by atoms with Crippen LogP contribution in [0.1, 0.15) is 53.9 Å². The molecule has 14 heteroatoms. The van der Waals surface area contributed by atoms with Crippen molar-refractivity contribution in [1.82, 2.24) is 34.2 Å². The Morgan fingerprint density at radius 1 is 1.12 bits per heavy atom. The molecule has 7 rings (SSSR count). The van der Waals surface area contributed by atoms with Crippen molar-refractivity contribution in [1.29, 1.82) is 0 Å². The first kappa shape index (κ1) is 25.9. The summed E-state index contributed by atoms with van der Waals surface area (Å²) in [4.78, 5) is 61.5. The third-order valence-corrected chi connectivity index (χ3v) is 7.87. The van der Waals surface area contributed by atoms with Crippen LogP contribution in [0.5, 0.6) is 0 Å². The molecule has 2 atom stereocenters. The molecule has 2 N–H and O–H groups in total. The Hall–Kier alpha value is -5.01. The van der Waals surface area contributed by atoms with Crippen LogP contribution in [-0.4, -0.2) is 65.7 Å². The van der Waals surface area contributed by atoms with Crippen molar-refractivity contribution < 1.29 is 18.8 Å². The molecule has 0 aromatic carbocycles. The van der Waals surface area contributed by atoms with Crippen molar-refractivity contribution in [2.45, 2.75) is 44.6 Å². The van der Waals surface area contributed by atoms with E-state index in [0.717, 1.165) is 29.0 Å². The number of nitrogens with one attached hydrogen (secondary N) is 2. The zero-order valence-electron chi connectivity index (χ0n) is 22.9. The van der Waals surface area contributed by atoms with Gasteiger partial charge in [-0.25, -0.2) is 29.7 Å². The normalized spacial score (nSPS) is 20.0. The standard InChI is InChI=1S/C28H27FN10O3/c1-14-5-6-30-23(34-14)18-8-19(18)27(41)36-25-22(29)24(32-13-33-25)31-9-17-11-38-10-16(15-3-4-15)7-20(26(38)35-17)39-12-21(40)37(2)28(39)42/h5-7,10-11,13,15,18-19H,3-4,8-9,12H2,1-2H3,(H2,31,32,33,36,41). The van der Waals surface area contributed by atoms with Crippen molar-refractivity contribution in [2.75, 3.05) is 29.1 Å². The maximum atomic E-state index is 15.3. The van der Waals surface area contributed by atoms with Gasteiger partial charge in [0.15, 0.2) is 17.3 Å². The summed E-state index contributed by atoms with van der Waals surface area (Å²) in [5.41, 5.74) is 3.53. The van der Waals surface area contributed by atoms with Crippen molar-refractivity contribution in [2.24, 2.45) is 5.92 Å². The molecule has 2 aliphatic carbocycles. The Bertz CT molecular complexity index is 1770. The molecule has 1 aliphatic heterocycles. The van der Waals surface area contributed by atoms with E-state index >= 15 is 4.39 Å². The lowest BCUT2D eigenvalue weighted by Crippen LogP contribution is -2.30. The fraction of sp³-hybridized carbons (Fsp3) is 0.357. The SMILES string of the molecule is Cc1ccnc(C2CC2C(=O)Nc2ncnc(NCc3cn4cc(C5CC5)cc(N5CC(=O)N(C)C5=O)c4n3)c2F)n1. The number of likely N-dealkylation sites (N-methyl/N-ethyl adjacent to an activating group) is 1. The van der Waals surface area contributed by atoms with Gasteiger partial charge in [-0.05, 0) is 49.8 Å². The quantitative estimate of drug-likeness (QED) is 0.305. The Morgan fingerprint density at radius 2 is 1.93 bits per heavy atom. The lowest BCUT2D eigenvalue weighted by atomic mass is 10.1. The van der Waals surface area contributed by atoms with Gasteiger partial charge in [0.05, 0.1) is 17.9 Å². The minimum absolute atomic E-state index is 0.0557. The Labute approximate surface area is 239 Å². The number of hydrogen-bond acceptors (Lipinski definition) is 9. The van der Waals surface area contributed by atoms with E-state index in [1.807, 2.05) is 23.6 Å². The molecule has 1 saturated heterocycles. The maximum absolute atomic E-state index is 15.3. The van der Waals surface area contributed by atoms with Crippen molar-refractivity contribution in [3.63, 3.8) is 0 Å². The topological polar surface area (TPSA) is 151 Å². The number of fused-ring (bicyclic) bond motifs is 1. The van der Waals surface area contributed by atoms with E-state index in [1.165, 1.54) is 18.3 Å². The van der Waals surface area contributed by atoms with Crippen LogP contribution in [0.25, 0.3) is 5.65 Å². The summed E-state index contributed by atoms with van der Waals surface area (Å²) in [6, 6.07) is 3.31. The van der Waals surface area contributed by atoms with Crippen LogP contribution in [0, 0.1) is 18.7 Å². The van der Waals surface area contributed by atoms with Gasteiger partial charge >= 0.3 is 6.03 Å². The van der Waals surface area contributed by atoms with Crippen LogP contribution >= 0.6 is 0 Å². The summed E-state index contributed by atoms with van der Waals surface area (Å²) in [7, 11) is 1.46. The molecule has 42 heavy (non-hydrogen) atoms. The largest absolute Gasteiger partial charge is 0.362 e. The van der Waals surface area contributed by atoms with E-state index in [-0.39, 0.29) is 48.4 Å². The number of aryl methyl sites for hydroxylation is 1. The van der Waals surface area contributed by atoms with Gasteiger partial charge in [-0.2, -0.15) is 4.39 Å². The van der Waals surface area contributed by atoms with Crippen molar-refractivity contribution >= 4 is 40.8 Å². The number of imidazole rings is 1. The van der Waals surface area contributed by atoms with E-state index in [1.54, 1.807) is 18.5 Å². The summed E-state index contributed by atoms with van der Waals surface area (Å²) in [5, 5.41) is 5.51. The summed E-state index contributed by atoms with van der Waals surface area (Å²) in [6.07, 6.45) is 9.32. The number of amides is 4. The Kier molecular flexibility index (Phi) is 6.06. The minimum atomic E-state index is -0.792. The zero-order valence-corrected chi connectivity index (χ0v) is 22.9. The molecule has 3 aliphatic rings. The highest BCUT2D eigenvalue weighted by atomic mass is 19.1. The van der Waals surface area contributed by atoms with Gasteiger partial charge in [0.1, 0.15) is 18.7 Å². The number of carbonyl (C=O) groups is 3. The molecule has 4 amide bonds. The predicted octanol–water partition coefficient (Wildman–Crippen LogP) is 2.99. The average molecular weight is 571 g/mol. The van der Waals surface area contributed by atoms with Gasteiger partial charge < -0.3 is 15.0 Å². The van der Waals surface area contributed by atoms with Gasteiger partial charge in [0, 0.05) is 43.2 Å². The molecular weight excluding hydrogens is 543 g/mol. The van der Waals surface area contributed by atoms with Crippen LogP contribution in [-0.2, 0) is 16.1 Å². The molecule has 0 radical (unpaired) electrons. The lowest BCUT2D eigenvalue weighted by molar-refractivity contribution is -0.124. The number of aromatic nitrogens is 6. The Balaban J connectivity index is 1.08. The number of nitrogens with zero attached hydrogens (tertiary/aromatic N) is 8. The molecule has 0 spiro atoms. The van der Waals surface area contributed by atoms with E-state index in [0.29, 0.717) is 35.2 Å². The van der Waals surface area contributed by atoms with Crippen molar-refractivity contribution in [3.05, 3.63) is 65.6 Å². The van der Waals surface area contributed by atoms with Gasteiger partial charge in [0.25, 0.3) is 0 Å². The zero-order chi connectivity index (χ0) is 29.1. The molecular formula is C28H27FN10O3. The number of halogens is 1. The first-order chi connectivity index (χ1) is 20.3. The number of carbonyl (C=O) groups excluding carboxylic acids is 3. The number of urea groups is 1. The molecule has 4 aromatic rings. The van der Waals surface area contributed by atoms with Crippen LogP contribution in [0.3, 0.4) is 0 Å². The highest BCUT2D eigenvalue weighted by Crippen LogP contribution is 2.46. The summed E-state index contributed by atoms with van der Waals surface area (Å²) >= 11 is 0. The van der Waals surface area contributed by atoms with E-state index in [9.17, 15) is 14.4 Å². The predicted molar refractivity (Wildman–Crippen MR) is 148 cm³/mol. The van der Waals surface area contributed by atoms with E-state index in [2.05, 4.69) is 35.6 Å². The lowest BCUT2D eigenvalue weighted by Gasteiger charge is -2.17. The van der Waals surface area contributed by atoms with Gasteiger partial charge in [0.2, 0.25) is 17.6 Å². The number of hydrogen-bond donors (Lipinski definition) is 2. The second-order valence-electron chi connectivity index (χ2n) is 11.0. The fourth-order valence-electron chi connectivity index (χ4n) is 5.24. The van der Waals surface area contributed by atoms with E-state index < -0.39 is 11.8 Å². The highest BCUT2D eigenvalue weighted by Gasteiger charge is 2.46. The molecule has 13 nitrogen and oxygen atoms in total. The molecule has 4 aromatic heterocycles. The van der Waals surface area contributed by atoms with Gasteiger partial charge in [-0.15, -0.1) is 0 Å². The molecule has 2 saturated carbocycles. The first-order valence-electron chi connectivity index (χ1n) is 13.7. The second kappa shape index (κ2) is 9.82. The van der Waals surface area contributed by atoms with Gasteiger partial charge in [-0.3, -0.25) is 19.4 Å². The Morgan fingerprint density at radius 3 is 2.67 bits per heavy atom. The fourth-order valence-corrected chi connectivity index (χ4v) is 5.24. The molecule has 3 fully saturated rings. The third kappa shape index (κ3) is 4.67. The molecule has 214 valence electrons. The van der Waals surface area contributed by atoms with Crippen molar-refractivity contribution in [3.8, 4) is 0 Å². The third-order valence-electron chi connectivity index (χ3n) is 7.87. The van der Waals surface area contributed by atoms with Crippen LogP contribution in [0.4, 0.5) is 26.5 Å². The summed E-state index contributed by atoms with van der Waals surface area (Å²) < 4.78 is 17.1. The van der Waals surface area contributed by atoms with Crippen LogP contribution < -0.4 is 15.5 Å². The maximum Gasteiger partial charge on any atom is 0.331 e. The van der Waals surface area contributed by atoms with Crippen LogP contribution in [0.2, 0.25) is 0 Å². The summed E-state index contributed by atoms with van der Waals surface area (Å²) in [5.74, 6) is -1.20.